The molecule has 9 heteroatoms. The molecule has 0 bridgehead atoms. The van der Waals surface area contributed by atoms with E-state index in [4.69, 9.17) is 4.74 Å². The first kappa shape index (κ1) is 16.7. The van der Waals surface area contributed by atoms with Crippen LogP contribution in [0.2, 0.25) is 0 Å². The van der Waals surface area contributed by atoms with Gasteiger partial charge in [-0.15, -0.1) is 5.10 Å². The first-order valence-corrected chi connectivity index (χ1v) is 8.13. The maximum absolute atomic E-state index is 12.7. The number of amides is 2. The number of non-ortho nitro benzene ring substituents is 1. The van der Waals surface area contributed by atoms with Crippen molar-refractivity contribution >= 4 is 29.1 Å². The van der Waals surface area contributed by atoms with Gasteiger partial charge in [0.2, 0.25) is 11.8 Å². The van der Waals surface area contributed by atoms with Crippen LogP contribution < -0.4 is 5.32 Å². The number of ether oxygens (including phenoxy) is 1. The molecule has 2 aromatic carbocycles. The Hall–Kier alpha value is -3.75. The van der Waals surface area contributed by atoms with E-state index in [0.717, 1.165) is 5.01 Å². The fourth-order valence-electron chi connectivity index (χ4n) is 3.22. The number of hydrogen-bond donors (Lipinski definition) is 1. The van der Waals surface area contributed by atoms with E-state index >= 15 is 0 Å². The molecule has 0 unspecified atom stereocenters. The minimum Gasteiger partial charge on any atom is -0.437 e. The molecule has 0 fully saturated rings. The van der Waals surface area contributed by atoms with E-state index in [2.05, 4.69) is 10.4 Å². The molecule has 1 atom stereocenters. The van der Waals surface area contributed by atoms with E-state index in [1.165, 1.54) is 19.1 Å². The predicted molar refractivity (Wildman–Crippen MR) is 94.6 cm³/mol. The summed E-state index contributed by atoms with van der Waals surface area (Å²) in [6, 6.07) is 12.8. The van der Waals surface area contributed by atoms with Crippen LogP contribution in [-0.2, 0) is 26.5 Å². The minimum atomic E-state index is -1.67. The largest absolute Gasteiger partial charge is 0.437 e. The second-order valence-corrected chi connectivity index (χ2v) is 6.17. The van der Waals surface area contributed by atoms with Crippen LogP contribution in [0.25, 0.3) is 0 Å². The van der Waals surface area contributed by atoms with Crippen molar-refractivity contribution in [1.29, 1.82) is 0 Å². The van der Waals surface area contributed by atoms with Crippen molar-refractivity contribution in [2.24, 2.45) is 5.10 Å². The third-order valence-electron chi connectivity index (χ3n) is 4.42. The quantitative estimate of drug-likeness (QED) is 0.660. The highest BCUT2D eigenvalue weighted by Crippen LogP contribution is 2.44. The molecule has 0 aliphatic carbocycles. The molecule has 2 aromatic rings. The summed E-state index contributed by atoms with van der Waals surface area (Å²) in [7, 11) is 0. The molecule has 2 heterocycles. The van der Waals surface area contributed by atoms with Gasteiger partial charge in [-0.05, 0) is 11.6 Å². The highest BCUT2D eigenvalue weighted by atomic mass is 16.6. The van der Waals surface area contributed by atoms with Crippen molar-refractivity contribution in [1.82, 2.24) is 5.01 Å². The van der Waals surface area contributed by atoms with Gasteiger partial charge in [0.05, 0.1) is 22.6 Å². The minimum absolute atomic E-state index is 0.0287. The lowest BCUT2D eigenvalue weighted by Crippen LogP contribution is -2.49. The first-order chi connectivity index (χ1) is 12.9. The summed E-state index contributed by atoms with van der Waals surface area (Å²) in [5, 5.41) is 18.7. The monoisotopic (exact) mass is 366 g/mol. The summed E-state index contributed by atoms with van der Waals surface area (Å²) in [6.07, 6.45) is 0.180. The Balaban J connectivity index is 1.67. The van der Waals surface area contributed by atoms with E-state index in [-0.39, 0.29) is 18.0 Å². The third-order valence-corrected chi connectivity index (χ3v) is 4.42. The number of hydrazone groups is 1. The summed E-state index contributed by atoms with van der Waals surface area (Å²) in [5.74, 6) is -0.771. The van der Waals surface area contributed by atoms with Crippen molar-refractivity contribution in [3.8, 4) is 0 Å². The van der Waals surface area contributed by atoms with Gasteiger partial charge in [0, 0.05) is 19.1 Å². The number of nitrogens with one attached hydrogen (secondary N) is 1. The van der Waals surface area contributed by atoms with Crippen molar-refractivity contribution in [2.75, 3.05) is 5.32 Å². The maximum Gasteiger partial charge on any atom is 0.313 e. The molecule has 136 valence electrons. The molecular weight excluding hydrogens is 352 g/mol. The Morgan fingerprint density at radius 2 is 1.96 bits per heavy atom. The zero-order chi connectivity index (χ0) is 19.2. The number of fused-ring (bicyclic) bond motifs is 2. The van der Waals surface area contributed by atoms with Gasteiger partial charge < -0.3 is 10.1 Å². The lowest BCUT2D eigenvalue weighted by Gasteiger charge is -2.28. The topological polar surface area (TPSA) is 114 Å². The summed E-state index contributed by atoms with van der Waals surface area (Å²) in [4.78, 5) is 35.2. The second-order valence-electron chi connectivity index (χ2n) is 6.17. The molecule has 0 saturated carbocycles. The van der Waals surface area contributed by atoms with Gasteiger partial charge in [-0.1, -0.05) is 30.3 Å². The normalized spacial score (nSPS) is 20.1. The van der Waals surface area contributed by atoms with E-state index in [9.17, 15) is 19.7 Å². The highest BCUT2D eigenvalue weighted by Gasteiger charge is 2.59. The van der Waals surface area contributed by atoms with Gasteiger partial charge in [0.15, 0.2) is 0 Å². The maximum atomic E-state index is 12.7. The summed E-state index contributed by atoms with van der Waals surface area (Å²) in [5.41, 5.74) is 0.0668. The third kappa shape index (κ3) is 2.51. The average molecular weight is 366 g/mol. The Morgan fingerprint density at radius 1 is 1.26 bits per heavy atom. The van der Waals surface area contributed by atoms with Crippen molar-refractivity contribution in [3.05, 3.63) is 69.8 Å². The Kier molecular flexibility index (Phi) is 3.65. The van der Waals surface area contributed by atoms with E-state index in [1.54, 1.807) is 36.4 Å². The van der Waals surface area contributed by atoms with Crippen molar-refractivity contribution in [3.63, 3.8) is 0 Å². The number of rotatable bonds is 3. The van der Waals surface area contributed by atoms with Gasteiger partial charge in [-0.3, -0.25) is 19.7 Å². The number of carbonyl (C=O) groups excluding carboxylic acids is 2. The average Bonchev–Trinajstić information content (AvgIpc) is 3.15. The van der Waals surface area contributed by atoms with Crippen LogP contribution in [0.5, 0.6) is 0 Å². The zero-order valence-electron chi connectivity index (χ0n) is 14.2. The van der Waals surface area contributed by atoms with Crippen molar-refractivity contribution < 1.29 is 19.2 Å². The number of nitro benzene ring substituents is 1. The van der Waals surface area contributed by atoms with Gasteiger partial charge in [-0.2, -0.15) is 5.01 Å². The van der Waals surface area contributed by atoms with Crippen LogP contribution in [0.15, 0.2) is 53.6 Å². The standard InChI is InChI=1S/C18H14N4O5/c1-11(23)21-18(14-4-2-3-5-15(14)19-17(18)24)27-16(20-21)10-12-6-8-13(9-7-12)22(25)26/h2-9H,10H2,1H3,(H,19,24)/t18-/m1/s1. The van der Waals surface area contributed by atoms with E-state index in [0.29, 0.717) is 16.8 Å². The molecular formula is C18H14N4O5. The Labute approximate surface area is 153 Å². The number of hydrogen-bond acceptors (Lipinski definition) is 6. The molecule has 9 nitrogen and oxygen atoms in total. The van der Waals surface area contributed by atoms with Gasteiger partial charge in [-0.25, -0.2) is 0 Å². The number of carbonyl (C=O) groups is 2. The first-order valence-electron chi connectivity index (χ1n) is 8.13. The zero-order valence-corrected chi connectivity index (χ0v) is 14.2. The smallest absolute Gasteiger partial charge is 0.313 e. The fraction of sp³-hybridized carbons (Fsp3) is 0.167. The van der Waals surface area contributed by atoms with Crippen LogP contribution in [0.1, 0.15) is 18.1 Å². The van der Waals surface area contributed by atoms with E-state index in [1.807, 2.05) is 0 Å². The lowest BCUT2D eigenvalue weighted by atomic mass is 10.0. The predicted octanol–water partition coefficient (Wildman–Crippen LogP) is 2.13. The van der Waals surface area contributed by atoms with Gasteiger partial charge in [0.1, 0.15) is 0 Å². The van der Waals surface area contributed by atoms with Crippen LogP contribution in [0, 0.1) is 10.1 Å². The van der Waals surface area contributed by atoms with Crippen LogP contribution in [0.4, 0.5) is 11.4 Å². The Morgan fingerprint density at radius 3 is 2.63 bits per heavy atom. The molecule has 2 aliphatic rings. The molecule has 1 spiro atoms. The highest BCUT2D eigenvalue weighted by molar-refractivity contribution is 6.08. The van der Waals surface area contributed by atoms with Crippen molar-refractivity contribution in [2.45, 2.75) is 19.1 Å². The summed E-state index contributed by atoms with van der Waals surface area (Å²) >= 11 is 0. The van der Waals surface area contributed by atoms with Gasteiger partial charge in [0.25, 0.3) is 11.6 Å². The molecule has 4 rings (SSSR count). The summed E-state index contributed by atoms with van der Waals surface area (Å²) < 4.78 is 5.91. The number of anilines is 1. The molecule has 0 aromatic heterocycles. The molecule has 1 N–H and O–H groups in total. The van der Waals surface area contributed by atoms with Crippen LogP contribution >= 0.6 is 0 Å². The molecule has 2 aliphatic heterocycles. The number of benzene rings is 2. The number of nitro groups is 1. The van der Waals surface area contributed by atoms with Crippen LogP contribution in [0.3, 0.4) is 0 Å². The fourth-order valence-corrected chi connectivity index (χ4v) is 3.22. The molecule has 0 saturated heterocycles. The molecule has 0 radical (unpaired) electrons. The van der Waals surface area contributed by atoms with Crippen LogP contribution in [-0.4, -0.2) is 27.6 Å². The number of nitrogens with zero attached hydrogens (tertiary/aromatic N) is 3. The molecule has 2 amide bonds. The number of para-hydroxylation sites is 1. The van der Waals surface area contributed by atoms with E-state index < -0.39 is 22.5 Å². The SMILES string of the molecule is CC(=O)N1N=C(Cc2ccc([N+](=O)[O-])cc2)O[C@]12C(=O)Nc1ccccc12. The molecule has 27 heavy (non-hydrogen) atoms. The Bertz CT molecular complexity index is 1000. The van der Waals surface area contributed by atoms with Gasteiger partial charge >= 0.3 is 5.72 Å². The lowest BCUT2D eigenvalue weighted by molar-refractivity contribution is -0.384. The second kappa shape index (κ2) is 5.90. The summed E-state index contributed by atoms with van der Waals surface area (Å²) in [6.45, 7) is 1.30.